The van der Waals surface area contributed by atoms with Crippen LogP contribution in [0.5, 0.6) is 0 Å². The molecule has 0 aromatic heterocycles. The lowest BCUT2D eigenvalue weighted by atomic mass is 10.0. The van der Waals surface area contributed by atoms with E-state index >= 15 is 0 Å². The Balaban J connectivity index is 3.87. The molecule has 0 spiro atoms. The molecule has 0 aromatic rings. The Morgan fingerprint density at radius 3 is 0.910 bits per heavy atom. The molecule has 390 valence electrons. The molecule has 0 radical (unpaired) electrons. The highest BCUT2D eigenvalue weighted by atomic mass is 16.6. The van der Waals surface area contributed by atoms with Crippen molar-refractivity contribution in [3.8, 4) is 0 Å². The number of hydrogen-bond acceptors (Lipinski definition) is 6. The van der Waals surface area contributed by atoms with E-state index in [0.717, 1.165) is 83.5 Å². The third-order valence-corrected chi connectivity index (χ3v) is 12.8. The van der Waals surface area contributed by atoms with Gasteiger partial charge in [0.15, 0.2) is 6.10 Å². The normalized spacial score (nSPS) is 12.3. The van der Waals surface area contributed by atoms with Crippen LogP contribution in [0, 0.1) is 0 Å². The molecule has 0 aromatic carbocycles. The van der Waals surface area contributed by atoms with Gasteiger partial charge in [-0.05, 0) is 57.8 Å². The van der Waals surface area contributed by atoms with E-state index in [1.807, 2.05) is 0 Å². The van der Waals surface area contributed by atoms with Gasteiger partial charge in [0, 0.05) is 19.3 Å². The van der Waals surface area contributed by atoms with Crippen molar-refractivity contribution in [1.29, 1.82) is 0 Å². The van der Waals surface area contributed by atoms with Gasteiger partial charge in [0.1, 0.15) is 13.2 Å². The Labute approximate surface area is 416 Å². The zero-order valence-corrected chi connectivity index (χ0v) is 44.7. The number of hydrogen-bond donors (Lipinski definition) is 0. The zero-order chi connectivity index (χ0) is 48.6. The van der Waals surface area contributed by atoms with Crippen molar-refractivity contribution in [2.45, 2.75) is 309 Å². The van der Waals surface area contributed by atoms with Crippen LogP contribution in [-0.2, 0) is 28.6 Å². The van der Waals surface area contributed by atoms with E-state index in [9.17, 15) is 14.4 Å². The van der Waals surface area contributed by atoms with Crippen LogP contribution >= 0.6 is 0 Å². The van der Waals surface area contributed by atoms with Gasteiger partial charge in [-0.2, -0.15) is 0 Å². The van der Waals surface area contributed by atoms with E-state index in [4.69, 9.17) is 14.2 Å². The summed E-state index contributed by atoms with van der Waals surface area (Å²) >= 11 is 0. The molecule has 0 N–H and O–H groups in total. The van der Waals surface area contributed by atoms with Crippen LogP contribution in [0.4, 0.5) is 0 Å². The van der Waals surface area contributed by atoms with Crippen LogP contribution < -0.4 is 0 Å². The van der Waals surface area contributed by atoms with E-state index in [-0.39, 0.29) is 31.1 Å². The van der Waals surface area contributed by atoms with Gasteiger partial charge in [-0.25, -0.2) is 0 Å². The van der Waals surface area contributed by atoms with E-state index in [1.165, 1.54) is 180 Å². The first kappa shape index (κ1) is 64.4. The Hall–Kier alpha value is -2.63. The highest BCUT2D eigenvalue weighted by Gasteiger charge is 2.19. The average molecular weight is 940 g/mol. The summed E-state index contributed by atoms with van der Waals surface area (Å²) in [6.07, 6.45) is 68.8. The Morgan fingerprint density at radius 2 is 0.582 bits per heavy atom. The van der Waals surface area contributed by atoms with E-state index in [2.05, 4.69) is 69.4 Å². The van der Waals surface area contributed by atoms with Gasteiger partial charge in [-0.15, -0.1) is 0 Å². The molecule has 1 atom stereocenters. The number of carbonyl (C=O) groups is 3. The molecular weight excluding hydrogens is 829 g/mol. The van der Waals surface area contributed by atoms with Crippen LogP contribution in [0.15, 0.2) is 48.6 Å². The van der Waals surface area contributed by atoms with Gasteiger partial charge in [0.2, 0.25) is 0 Å². The maximum absolute atomic E-state index is 12.7. The monoisotopic (exact) mass is 939 g/mol. The second-order valence-electron chi connectivity index (χ2n) is 19.5. The summed E-state index contributed by atoms with van der Waals surface area (Å²) in [4.78, 5) is 37.7. The second kappa shape index (κ2) is 56.0. The molecule has 0 fully saturated rings. The molecule has 0 rings (SSSR count). The number of esters is 3. The number of allylic oxidation sites excluding steroid dienone is 8. The molecule has 0 saturated heterocycles. The van der Waals surface area contributed by atoms with Crippen molar-refractivity contribution in [1.82, 2.24) is 0 Å². The summed E-state index contributed by atoms with van der Waals surface area (Å²) in [7, 11) is 0. The lowest BCUT2D eigenvalue weighted by molar-refractivity contribution is -0.167. The van der Waals surface area contributed by atoms with E-state index < -0.39 is 6.10 Å². The van der Waals surface area contributed by atoms with Gasteiger partial charge in [0.05, 0.1) is 0 Å². The standard InChI is InChI=1S/C61H110O6/c1-4-7-10-13-16-18-19-20-21-22-23-24-25-26-27-28-29-30-31-32-33-34-35-36-37-38-39-40-41-43-45-48-51-54-60(63)66-57-58(56-65-59(62)53-50-47-44-15-12-9-6-3)67-61(64)55-52-49-46-42-17-14-11-8-5-2/h7,10,16,18,20-21,23-24,58H,4-6,8-9,11-15,17,19,22,25-57H2,1-3H3/b10-7-,18-16-,21-20-,24-23-. The summed E-state index contributed by atoms with van der Waals surface area (Å²) in [5.41, 5.74) is 0. The molecular formula is C61H110O6. The summed E-state index contributed by atoms with van der Waals surface area (Å²) in [6, 6.07) is 0. The minimum Gasteiger partial charge on any atom is -0.462 e. The molecule has 0 aliphatic rings. The second-order valence-corrected chi connectivity index (χ2v) is 19.5. The van der Waals surface area contributed by atoms with Gasteiger partial charge in [0.25, 0.3) is 0 Å². The number of ether oxygens (including phenoxy) is 3. The first-order chi connectivity index (χ1) is 33.0. The summed E-state index contributed by atoms with van der Waals surface area (Å²) in [5.74, 6) is -0.864. The fourth-order valence-electron chi connectivity index (χ4n) is 8.49. The van der Waals surface area contributed by atoms with Crippen molar-refractivity contribution >= 4 is 17.9 Å². The molecule has 6 nitrogen and oxygen atoms in total. The average Bonchev–Trinajstić information content (AvgIpc) is 3.33. The Bertz CT molecular complexity index is 1170. The maximum atomic E-state index is 12.7. The lowest BCUT2D eigenvalue weighted by Crippen LogP contribution is -2.30. The molecule has 0 amide bonds. The fourth-order valence-corrected chi connectivity index (χ4v) is 8.49. The number of unbranched alkanes of at least 4 members (excludes halogenated alkanes) is 34. The van der Waals surface area contributed by atoms with Gasteiger partial charge in [-0.3, -0.25) is 14.4 Å². The largest absolute Gasteiger partial charge is 0.462 e. The quantitative estimate of drug-likeness (QED) is 0.0262. The van der Waals surface area contributed by atoms with Crippen LogP contribution in [0.2, 0.25) is 0 Å². The summed E-state index contributed by atoms with van der Waals surface area (Å²) in [6.45, 7) is 6.49. The van der Waals surface area contributed by atoms with Crippen molar-refractivity contribution < 1.29 is 28.6 Å². The summed E-state index contributed by atoms with van der Waals surface area (Å²) < 4.78 is 16.7. The number of carbonyl (C=O) groups excluding carboxylic acids is 3. The van der Waals surface area contributed by atoms with Gasteiger partial charge in [-0.1, -0.05) is 275 Å². The Kier molecular flexibility index (Phi) is 53.8. The van der Waals surface area contributed by atoms with Crippen LogP contribution in [0.25, 0.3) is 0 Å². The summed E-state index contributed by atoms with van der Waals surface area (Å²) in [5, 5.41) is 0. The minimum absolute atomic E-state index is 0.0671. The first-order valence-electron chi connectivity index (χ1n) is 29.1. The molecule has 0 aliphatic carbocycles. The topological polar surface area (TPSA) is 78.9 Å². The minimum atomic E-state index is -0.762. The van der Waals surface area contributed by atoms with E-state index in [1.54, 1.807) is 0 Å². The molecule has 6 heteroatoms. The SMILES string of the molecule is CC/C=C\C/C=C\C/C=C\C/C=C\CCCCCCCCCCCCCCCCCCCCCCC(=O)OCC(COC(=O)CCCCCCCCC)OC(=O)CCCCCCCCCCC. The maximum Gasteiger partial charge on any atom is 0.306 e. The van der Waals surface area contributed by atoms with E-state index in [0.29, 0.717) is 19.3 Å². The zero-order valence-electron chi connectivity index (χ0n) is 44.7. The first-order valence-corrected chi connectivity index (χ1v) is 29.1. The molecule has 0 aliphatic heterocycles. The fraction of sp³-hybridized carbons (Fsp3) is 0.820. The van der Waals surface area contributed by atoms with Crippen LogP contribution in [0.1, 0.15) is 303 Å². The lowest BCUT2D eigenvalue weighted by Gasteiger charge is -2.18. The smallest absolute Gasteiger partial charge is 0.306 e. The van der Waals surface area contributed by atoms with Gasteiger partial charge >= 0.3 is 17.9 Å². The molecule has 0 bridgehead atoms. The number of rotatable bonds is 53. The van der Waals surface area contributed by atoms with Gasteiger partial charge < -0.3 is 14.2 Å². The molecule has 67 heavy (non-hydrogen) atoms. The van der Waals surface area contributed by atoms with Crippen LogP contribution in [-0.4, -0.2) is 37.2 Å². The van der Waals surface area contributed by atoms with Crippen molar-refractivity contribution in [3.05, 3.63) is 48.6 Å². The van der Waals surface area contributed by atoms with Crippen molar-refractivity contribution in [2.75, 3.05) is 13.2 Å². The highest BCUT2D eigenvalue weighted by Crippen LogP contribution is 2.17. The van der Waals surface area contributed by atoms with Crippen LogP contribution in [0.3, 0.4) is 0 Å². The molecule has 1 unspecified atom stereocenters. The molecule has 0 saturated carbocycles. The third kappa shape index (κ3) is 54.2. The Morgan fingerprint density at radius 1 is 0.313 bits per heavy atom. The van der Waals surface area contributed by atoms with Crippen molar-refractivity contribution in [3.63, 3.8) is 0 Å². The predicted octanol–water partition coefficient (Wildman–Crippen LogP) is 19.4. The highest BCUT2D eigenvalue weighted by molar-refractivity contribution is 5.71. The van der Waals surface area contributed by atoms with Crippen molar-refractivity contribution in [2.24, 2.45) is 0 Å². The molecule has 0 heterocycles. The third-order valence-electron chi connectivity index (χ3n) is 12.8. The predicted molar refractivity (Wildman–Crippen MR) is 289 cm³/mol.